The van der Waals surface area contributed by atoms with E-state index in [2.05, 4.69) is 30.7 Å². The zero-order chi connectivity index (χ0) is 12.0. The Hall–Kier alpha value is -0.570. The molecule has 1 unspecified atom stereocenters. The van der Waals surface area contributed by atoms with Gasteiger partial charge in [0.25, 0.3) is 0 Å². The van der Waals surface area contributed by atoms with Crippen LogP contribution >= 0.6 is 0 Å². The molecule has 0 bridgehead atoms. The quantitative estimate of drug-likeness (QED) is 0.443. The number of nitrogens with two attached hydrogens (primary N) is 1. The number of amidine groups is 1. The van der Waals surface area contributed by atoms with Gasteiger partial charge in [0.15, 0.2) is 0 Å². The highest BCUT2D eigenvalue weighted by Crippen LogP contribution is 2.16. The van der Waals surface area contributed by atoms with Crippen molar-refractivity contribution in [2.75, 3.05) is 19.6 Å². The largest absolute Gasteiger partial charge is 0.387 e. The van der Waals surface area contributed by atoms with E-state index < -0.39 is 0 Å². The maximum Gasteiger partial charge on any atom is 0.0962 e. The normalized spacial score (nSPS) is 24.0. The molecule has 1 aliphatic rings. The van der Waals surface area contributed by atoms with Crippen molar-refractivity contribution in [1.82, 2.24) is 4.90 Å². The second-order valence-electron chi connectivity index (χ2n) is 5.20. The van der Waals surface area contributed by atoms with E-state index in [0.29, 0.717) is 5.92 Å². The van der Waals surface area contributed by atoms with Crippen LogP contribution in [0.25, 0.3) is 0 Å². The first-order valence-corrected chi connectivity index (χ1v) is 6.65. The lowest BCUT2D eigenvalue weighted by Crippen LogP contribution is -2.38. The van der Waals surface area contributed by atoms with E-state index in [0.717, 1.165) is 24.8 Å². The first kappa shape index (κ1) is 13.5. The lowest BCUT2D eigenvalue weighted by Gasteiger charge is -2.33. The highest BCUT2D eigenvalue weighted by molar-refractivity contribution is 5.82. The van der Waals surface area contributed by atoms with E-state index >= 15 is 0 Å². The number of piperidine rings is 1. The number of rotatable bonds is 5. The average Bonchev–Trinajstić information content (AvgIpc) is 2.26. The topological polar surface area (TPSA) is 41.6 Å². The first-order valence-electron chi connectivity index (χ1n) is 6.65. The summed E-state index contributed by atoms with van der Waals surface area (Å²) in [4.78, 5) is 6.99. The summed E-state index contributed by atoms with van der Waals surface area (Å²) in [5.41, 5.74) is 5.80. The van der Waals surface area contributed by atoms with Crippen LogP contribution < -0.4 is 5.73 Å². The van der Waals surface area contributed by atoms with Gasteiger partial charge in [0.05, 0.1) is 5.84 Å². The maximum absolute atomic E-state index is 5.80. The molecule has 94 valence electrons. The highest BCUT2D eigenvalue weighted by atomic mass is 15.2. The lowest BCUT2D eigenvalue weighted by molar-refractivity contribution is 0.160. The predicted molar refractivity (Wildman–Crippen MR) is 70.8 cm³/mol. The van der Waals surface area contributed by atoms with Gasteiger partial charge in [0, 0.05) is 25.0 Å². The Bertz CT molecular complexity index is 223. The molecule has 16 heavy (non-hydrogen) atoms. The Labute approximate surface area is 100 Å². The van der Waals surface area contributed by atoms with Gasteiger partial charge in [0.1, 0.15) is 0 Å². The smallest absolute Gasteiger partial charge is 0.0962 e. The molecule has 1 saturated heterocycles. The molecule has 1 rings (SSSR count). The third-order valence-electron chi connectivity index (χ3n) is 3.43. The number of nitrogens with zero attached hydrogens (tertiary/aromatic N) is 2. The monoisotopic (exact) mass is 225 g/mol. The Morgan fingerprint density at radius 1 is 1.44 bits per heavy atom. The number of hydrogen-bond acceptors (Lipinski definition) is 2. The maximum atomic E-state index is 5.80. The van der Waals surface area contributed by atoms with E-state index in [9.17, 15) is 0 Å². The number of likely N-dealkylation sites (tertiary alicyclic amines) is 1. The highest BCUT2D eigenvalue weighted by Gasteiger charge is 2.16. The molecular weight excluding hydrogens is 198 g/mol. The van der Waals surface area contributed by atoms with Crippen molar-refractivity contribution in [3.8, 4) is 0 Å². The summed E-state index contributed by atoms with van der Waals surface area (Å²) in [6.45, 7) is 9.84. The van der Waals surface area contributed by atoms with E-state index in [1.807, 2.05) is 0 Å². The van der Waals surface area contributed by atoms with E-state index in [-0.39, 0.29) is 0 Å². The fourth-order valence-corrected chi connectivity index (χ4v) is 2.15. The van der Waals surface area contributed by atoms with Crippen molar-refractivity contribution in [2.45, 2.75) is 52.5 Å². The molecule has 0 aromatic heterocycles. The second kappa shape index (κ2) is 6.89. The molecule has 0 spiro atoms. The van der Waals surface area contributed by atoms with E-state index in [4.69, 9.17) is 5.73 Å². The van der Waals surface area contributed by atoms with Crippen LogP contribution in [0.5, 0.6) is 0 Å². The van der Waals surface area contributed by atoms with Crippen LogP contribution in [0.3, 0.4) is 0 Å². The zero-order valence-electron chi connectivity index (χ0n) is 11.1. The predicted octanol–water partition coefficient (Wildman–Crippen LogP) is 2.26. The summed E-state index contributed by atoms with van der Waals surface area (Å²) in [6, 6.07) is 0.764. The first-order chi connectivity index (χ1) is 7.61. The molecule has 1 atom stereocenters. The van der Waals surface area contributed by atoms with Crippen molar-refractivity contribution in [3.63, 3.8) is 0 Å². The van der Waals surface area contributed by atoms with Crippen LogP contribution in [0.15, 0.2) is 4.99 Å². The van der Waals surface area contributed by atoms with Gasteiger partial charge >= 0.3 is 0 Å². The molecule has 3 heteroatoms. The zero-order valence-corrected chi connectivity index (χ0v) is 11.1. The Kier molecular flexibility index (Phi) is 5.81. The van der Waals surface area contributed by atoms with Crippen molar-refractivity contribution in [2.24, 2.45) is 16.6 Å². The fraction of sp³-hybridized carbons (Fsp3) is 0.923. The molecule has 0 aromatic carbocycles. The minimum atomic E-state index is 0.383. The molecule has 0 aliphatic carbocycles. The molecule has 0 radical (unpaired) electrons. The van der Waals surface area contributed by atoms with Crippen molar-refractivity contribution < 1.29 is 0 Å². The molecular formula is C13H27N3. The van der Waals surface area contributed by atoms with Crippen molar-refractivity contribution in [1.29, 1.82) is 0 Å². The molecule has 3 nitrogen and oxygen atoms in total. The molecule has 1 aliphatic heterocycles. The Balaban J connectivity index is 2.17. The summed E-state index contributed by atoms with van der Waals surface area (Å²) < 4.78 is 0. The second-order valence-corrected chi connectivity index (χ2v) is 5.20. The summed E-state index contributed by atoms with van der Waals surface area (Å²) >= 11 is 0. The Morgan fingerprint density at radius 2 is 2.19 bits per heavy atom. The fourth-order valence-electron chi connectivity index (χ4n) is 2.15. The van der Waals surface area contributed by atoms with E-state index in [1.165, 1.54) is 32.4 Å². The molecule has 0 saturated carbocycles. The summed E-state index contributed by atoms with van der Waals surface area (Å²) in [7, 11) is 0. The van der Waals surface area contributed by atoms with Gasteiger partial charge in [-0.1, -0.05) is 20.3 Å². The molecule has 0 aromatic rings. The minimum Gasteiger partial charge on any atom is -0.387 e. The summed E-state index contributed by atoms with van der Waals surface area (Å²) in [6.07, 6.45) is 5.26. The van der Waals surface area contributed by atoms with Crippen LogP contribution in [0.4, 0.5) is 0 Å². The summed E-state index contributed by atoms with van der Waals surface area (Å²) in [5.74, 6) is 1.18. The summed E-state index contributed by atoms with van der Waals surface area (Å²) in [5, 5.41) is 0. The van der Waals surface area contributed by atoms with Gasteiger partial charge in [-0.2, -0.15) is 0 Å². The van der Waals surface area contributed by atoms with Gasteiger partial charge in [-0.25, -0.2) is 0 Å². The number of aliphatic imine (C=N–C) groups is 1. The minimum absolute atomic E-state index is 0.383. The van der Waals surface area contributed by atoms with Gasteiger partial charge < -0.3 is 10.6 Å². The van der Waals surface area contributed by atoms with Gasteiger partial charge in [-0.05, 0) is 32.7 Å². The van der Waals surface area contributed by atoms with Crippen LogP contribution in [-0.4, -0.2) is 36.4 Å². The Morgan fingerprint density at radius 3 is 2.81 bits per heavy atom. The molecule has 2 N–H and O–H groups in total. The van der Waals surface area contributed by atoms with E-state index in [1.54, 1.807) is 0 Å². The molecule has 0 amide bonds. The van der Waals surface area contributed by atoms with Crippen LogP contribution in [0.2, 0.25) is 0 Å². The van der Waals surface area contributed by atoms with Crippen molar-refractivity contribution in [3.05, 3.63) is 0 Å². The number of hydrogen-bond donors (Lipinski definition) is 1. The van der Waals surface area contributed by atoms with Crippen molar-refractivity contribution >= 4 is 5.84 Å². The molecule has 1 fully saturated rings. The third-order valence-corrected chi connectivity index (χ3v) is 3.43. The van der Waals surface area contributed by atoms with Gasteiger partial charge in [0.2, 0.25) is 0 Å². The van der Waals surface area contributed by atoms with Crippen LogP contribution in [0, 0.1) is 5.92 Å². The van der Waals surface area contributed by atoms with Crippen LogP contribution in [-0.2, 0) is 0 Å². The standard InChI is InChI=1S/C13H27N3/c1-11(2)13(14)15-8-6-10-16-9-5-4-7-12(16)3/h11-12H,4-10H2,1-3H3,(H2,14,15). The third kappa shape index (κ3) is 4.52. The average molecular weight is 225 g/mol. The van der Waals surface area contributed by atoms with Gasteiger partial charge in [-0.3, -0.25) is 4.99 Å². The van der Waals surface area contributed by atoms with Crippen LogP contribution in [0.1, 0.15) is 46.5 Å². The lowest BCUT2D eigenvalue weighted by atomic mass is 10.0. The SMILES string of the molecule is CC(C)C(N)=NCCCN1CCCCC1C. The molecule has 1 heterocycles. The van der Waals surface area contributed by atoms with Gasteiger partial charge in [-0.15, -0.1) is 0 Å².